The summed E-state index contributed by atoms with van der Waals surface area (Å²) in [5.74, 6) is 0. The van der Waals surface area contributed by atoms with E-state index in [-0.39, 0.29) is 11.1 Å². The lowest BCUT2D eigenvalue weighted by atomic mass is 9.79. The maximum Gasteiger partial charge on any atom is 0.0486 e. The molecule has 3 N–H and O–H groups in total. The molecular formula is C20H31N3. The number of hydrogen-bond acceptors (Lipinski definition) is 2. The van der Waals surface area contributed by atoms with Gasteiger partial charge in [-0.25, -0.2) is 0 Å². The van der Waals surface area contributed by atoms with E-state index in [0.717, 1.165) is 13.0 Å². The minimum absolute atomic E-state index is 0.206. The summed E-state index contributed by atoms with van der Waals surface area (Å²) >= 11 is 0. The number of piperidine rings is 1. The predicted molar refractivity (Wildman–Crippen MR) is 99.1 cm³/mol. The molecule has 3 nitrogen and oxygen atoms in total. The van der Waals surface area contributed by atoms with Gasteiger partial charge in [0, 0.05) is 34.2 Å². The molecule has 1 aromatic heterocycles. The molecule has 0 unspecified atom stereocenters. The fourth-order valence-electron chi connectivity index (χ4n) is 4.45. The molecule has 0 amide bonds. The molecule has 0 spiro atoms. The highest BCUT2D eigenvalue weighted by Gasteiger charge is 2.37. The molecule has 0 saturated carbocycles. The zero-order valence-corrected chi connectivity index (χ0v) is 15.2. The van der Waals surface area contributed by atoms with Gasteiger partial charge in [-0.3, -0.25) is 0 Å². The van der Waals surface area contributed by atoms with E-state index in [2.05, 4.69) is 74.6 Å². The van der Waals surface area contributed by atoms with Crippen LogP contribution >= 0.6 is 0 Å². The molecule has 3 rings (SSSR count). The van der Waals surface area contributed by atoms with Gasteiger partial charge in [-0.2, -0.15) is 0 Å². The molecule has 2 heterocycles. The third kappa shape index (κ3) is 3.78. The summed E-state index contributed by atoms with van der Waals surface area (Å²) in [5.41, 5.74) is 4.44. The van der Waals surface area contributed by atoms with Gasteiger partial charge < -0.3 is 15.6 Å². The van der Waals surface area contributed by atoms with Crippen LogP contribution in [0.4, 0.5) is 0 Å². The van der Waals surface area contributed by atoms with Crippen molar-refractivity contribution >= 4 is 10.9 Å². The van der Waals surface area contributed by atoms with Crippen LogP contribution in [0.1, 0.15) is 51.7 Å². The number of hydrogen-bond donors (Lipinski definition) is 3. The molecule has 1 aromatic carbocycles. The topological polar surface area (TPSA) is 39.8 Å². The molecule has 0 radical (unpaired) electrons. The van der Waals surface area contributed by atoms with E-state index in [4.69, 9.17) is 0 Å². The lowest BCUT2D eigenvalue weighted by molar-refractivity contribution is 0.147. The van der Waals surface area contributed by atoms with E-state index in [1.54, 1.807) is 0 Å². The van der Waals surface area contributed by atoms with E-state index < -0.39 is 0 Å². The van der Waals surface area contributed by atoms with Gasteiger partial charge in [-0.1, -0.05) is 18.2 Å². The molecule has 1 fully saturated rings. The van der Waals surface area contributed by atoms with Gasteiger partial charge >= 0.3 is 0 Å². The number of H-pyrrole nitrogens is 1. The van der Waals surface area contributed by atoms with E-state index in [1.165, 1.54) is 34.9 Å². The average Bonchev–Trinajstić information content (AvgIpc) is 2.80. The van der Waals surface area contributed by atoms with Crippen molar-refractivity contribution in [2.24, 2.45) is 0 Å². The van der Waals surface area contributed by atoms with Crippen LogP contribution in [0.3, 0.4) is 0 Å². The van der Waals surface area contributed by atoms with Crippen molar-refractivity contribution in [2.45, 2.75) is 71.0 Å². The van der Waals surface area contributed by atoms with Crippen LogP contribution in [0.25, 0.3) is 10.9 Å². The number of fused-ring (bicyclic) bond motifs is 1. The van der Waals surface area contributed by atoms with Gasteiger partial charge in [0.25, 0.3) is 0 Å². The predicted octanol–water partition coefficient (Wildman–Crippen LogP) is 3.92. The molecule has 1 saturated heterocycles. The third-order valence-electron chi connectivity index (χ3n) is 5.03. The van der Waals surface area contributed by atoms with Crippen LogP contribution in [-0.2, 0) is 6.42 Å². The number of rotatable bonds is 4. The Balaban J connectivity index is 1.61. The maximum atomic E-state index is 3.80. The summed E-state index contributed by atoms with van der Waals surface area (Å²) in [7, 11) is 0. The van der Waals surface area contributed by atoms with Gasteiger partial charge in [-0.15, -0.1) is 0 Å². The van der Waals surface area contributed by atoms with Gasteiger partial charge in [0.15, 0.2) is 0 Å². The van der Waals surface area contributed by atoms with E-state index in [9.17, 15) is 0 Å². The van der Waals surface area contributed by atoms with Crippen molar-refractivity contribution in [3.8, 4) is 0 Å². The molecule has 126 valence electrons. The Labute approximate surface area is 140 Å². The second kappa shape index (κ2) is 5.95. The zero-order chi connectivity index (χ0) is 16.7. The first-order valence-electron chi connectivity index (χ1n) is 8.84. The van der Waals surface area contributed by atoms with Gasteiger partial charge in [0.05, 0.1) is 0 Å². The van der Waals surface area contributed by atoms with Crippen LogP contribution in [-0.4, -0.2) is 28.6 Å². The quantitative estimate of drug-likeness (QED) is 0.800. The monoisotopic (exact) mass is 313 g/mol. The maximum absolute atomic E-state index is 3.80. The molecule has 0 atom stereocenters. The van der Waals surface area contributed by atoms with Crippen molar-refractivity contribution in [3.63, 3.8) is 0 Å². The molecule has 0 aliphatic carbocycles. The number of nitrogens with one attached hydrogen (secondary N) is 3. The van der Waals surface area contributed by atoms with Gasteiger partial charge in [0.1, 0.15) is 0 Å². The summed E-state index contributed by atoms with van der Waals surface area (Å²) < 4.78 is 0. The number of aromatic amines is 1. The number of aromatic nitrogens is 1. The van der Waals surface area contributed by atoms with Crippen LogP contribution in [0.2, 0.25) is 0 Å². The van der Waals surface area contributed by atoms with Gasteiger partial charge in [0.2, 0.25) is 0 Å². The lowest BCUT2D eigenvalue weighted by Crippen LogP contribution is -2.61. The first kappa shape index (κ1) is 16.5. The highest BCUT2D eigenvalue weighted by Crippen LogP contribution is 2.28. The molecule has 1 aliphatic rings. The molecule has 3 heteroatoms. The summed E-state index contributed by atoms with van der Waals surface area (Å²) in [5, 5.41) is 8.92. The van der Waals surface area contributed by atoms with E-state index >= 15 is 0 Å². The molecule has 23 heavy (non-hydrogen) atoms. The molecular weight excluding hydrogens is 282 g/mol. The summed E-state index contributed by atoms with van der Waals surface area (Å²) in [6.07, 6.45) is 5.62. The minimum atomic E-state index is 0.206. The highest BCUT2D eigenvalue weighted by atomic mass is 15.1. The Morgan fingerprint density at radius 1 is 1.13 bits per heavy atom. The normalized spacial score (nSPS) is 20.9. The Bertz CT molecular complexity index is 665. The van der Waals surface area contributed by atoms with Crippen molar-refractivity contribution in [3.05, 3.63) is 35.5 Å². The Morgan fingerprint density at radius 3 is 2.52 bits per heavy atom. The average molecular weight is 313 g/mol. The summed E-state index contributed by atoms with van der Waals surface area (Å²) in [4.78, 5) is 3.43. The first-order valence-corrected chi connectivity index (χ1v) is 8.84. The van der Waals surface area contributed by atoms with Crippen LogP contribution < -0.4 is 10.6 Å². The Morgan fingerprint density at radius 2 is 1.83 bits per heavy atom. The van der Waals surface area contributed by atoms with E-state index in [1.807, 2.05) is 0 Å². The number of benzene rings is 1. The zero-order valence-electron chi connectivity index (χ0n) is 15.2. The smallest absolute Gasteiger partial charge is 0.0486 e. The molecule has 0 bridgehead atoms. The molecule has 1 aliphatic heterocycles. The fourth-order valence-corrected chi connectivity index (χ4v) is 4.45. The minimum Gasteiger partial charge on any atom is -0.361 e. The lowest BCUT2D eigenvalue weighted by Gasteiger charge is -2.46. The largest absolute Gasteiger partial charge is 0.361 e. The fraction of sp³-hybridized carbons (Fsp3) is 0.600. The summed E-state index contributed by atoms with van der Waals surface area (Å²) in [6, 6.07) is 7.14. The first-order chi connectivity index (χ1) is 10.8. The second-order valence-electron chi connectivity index (χ2n) is 8.51. The van der Waals surface area contributed by atoms with Gasteiger partial charge in [-0.05, 0) is 71.6 Å². The molecule has 2 aromatic rings. The summed E-state index contributed by atoms with van der Waals surface area (Å²) in [6.45, 7) is 12.4. The standard InChI is InChI=1S/C20H31N3/c1-14-7-6-8-17-15(13-22-18(14)17)9-10-21-16-11-19(2,3)23-20(4,5)12-16/h6-8,13,16,21-23H,9-12H2,1-5H3. The van der Waals surface area contributed by atoms with E-state index in [0.29, 0.717) is 6.04 Å². The number of aryl methyl sites for hydroxylation is 1. The SMILES string of the molecule is Cc1cccc2c(CCNC3CC(C)(C)NC(C)(C)C3)c[nH]c12. The second-order valence-corrected chi connectivity index (χ2v) is 8.51. The van der Waals surface area contributed by atoms with Crippen LogP contribution in [0.15, 0.2) is 24.4 Å². The third-order valence-corrected chi connectivity index (χ3v) is 5.03. The van der Waals surface area contributed by atoms with Crippen LogP contribution in [0.5, 0.6) is 0 Å². The van der Waals surface area contributed by atoms with Crippen molar-refractivity contribution in [2.75, 3.05) is 6.54 Å². The Kier molecular flexibility index (Phi) is 4.28. The van der Waals surface area contributed by atoms with Crippen molar-refractivity contribution in [1.29, 1.82) is 0 Å². The number of para-hydroxylation sites is 1. The Hall–Kier alpha value is -1.32. The van der Waals surface area contributed by atoms with Crippen molar-refractivity contribution < 1.29 is 0 Å². The van der Waals surface area contributed by atoms with Crippen LogP contribution in [0, 0.1) is 6.92 Å². The highest BCUT2D eigenvalue weighted by molar-refractivity contribution is 5.85. The van der Waals surface area contributed by atoms with Crippen molar-refractivity contribution in [1.82, 2.24) is 15.6 Å².